The lowest BCUT2D eigenvalue weighted by atomic mass is 9.85. The molecular formula is C12H22N2O4. The van der Waals surface area contributed by atoms with Gasteiger partial charge in [-0.3, -0.25) is 4.79 Å². The van der Waals surface area contributed by atoms with Gasteiger partial charge < -0.3 is 20.1 Å². The van der Waals surface area contributed by atoms with Crippen molar-refractivity contribution in [3.05, 3.63) is 0 Å². The van der Waals surface area contributed by atoms with Gasteiger partial charge in [-0.25, -0.2) is 4.79 Å². The predicted octanol–water partition coefficient (Wildman–Crippen LogP) is 0.773. The third-order valence-electron chi connectivity index (χ3n) is 3.23. The first kappa shape index (κ1) is 14.8. The van der Waals surface area contributed by atoms with E-state index in [0.717, 1.165) is 0 Å². The van der Waals surface area contributed by atoms with Crippen molar-refractivity contribution >= 4 is 12.0 Å². The zero-order valence-electron chi connectivity index (χ0n) is 11.4. The average molecular weight is 258 g/mol. The van der Waals surface area contributed by atoms with Gasteiger partial charge in [-0.2, -0.15) is 0 Å². The Morgan fingerprint density at radius 1 is 1.56 bits per heavy atom. The molecule has 104 valence electrons. The van der Waals surface area contributed by atoms with Gasteiger partial charge in [0.25, 0.3) is 0 Å². The van der Waals surface area contributed by atoms with Crippen molar-refractivity contribution in [3.8, 4) is 0 Å². The van der Waals surface area contributed by atoms with Gasteiger partial charge in [-0.05, 0) is 12.8 Å². The van der Waals surface area contributed by atoms with E-state index in [1.54, 1.807) is 18.9 Å². The van der Waals surface area contributed by atoms with Crippen LogP contribution in [0.5, 0.6) is 0 Å². The lowest BCUT2D eigenvalue weighted by Gasteiger charge is -2.28. The highest BCUT2D eigenvalue weighted by Crippen LogP contribution is 2.28. The van der Waals surface area contributed by atoms with Crippen LogP contribution >= 0.6 is 0 Å². The predicted molar refractivity (Wildman–Crippen MR) is 66.3 cm³/mol. The van der Waals surface area contributed by atoms with E-state index in [1.807, 2.05) is 13.8 Å². The molecule has 1 aliphatic heterocycles. The second-order valence-electron chi connectivity index (χ2n) is 5.51. The zero-order chi connectivity index (χ0) is 13.9. The minimum atomic E-state index is -1.05. The SMILES string of the molecule is CC(C)CN(C)C(=O)NC1COCC1(C)C(=O)O. The van der Waals surface area contributed by atoms with Crippen LogP contribution in [0.15, 0.2) is 0 Å². The second kappa shape index (κ2) is 5.56. The summed E-state index contributed by atoms with van der Waals surface area (Å²) >= 11 is 0. The van der Waals surface area contributed by atoms with Gasteiger partial charge in [0, 0.05) is 13.6 Å². The van der Waals surface area contributed by atoms with Crippen molar-refractivity contribution in [2.45, 2.75) is 26.8 Å². The van der Waals surface area contributed by atoms with Crippen LogP contribution in [-0.2, 0) is 9.53 Å². The normalized spacial score (nSPS) is 27.3. The van der Waals surface area contributed by atoms with E-state index in [1.165, 1.54) is 0 Å². The van der Waals surface area contributed by atoms with Gasteiger partial charge >= 0.3 is 12.0 Å². The monoisotopic (exact) mass is 258 g/mol. The van der Waals surface area contributed by atoms with Gasteiger partial charge in [0.2, 0.25) is 0 Å². The molecule has 1 aliphatic rings. The first-order valence-electron chi connectivity index (χ1n) is 6.10. The summed E-state index contributed by atoms with van der Waals surface area (Å²) in [6, 6.07) is -0.746. The number of carbonyl (C=O) groups excluding carboxylic acids is 1. The lowest BCUT2D eigenvalue weighted by Crippen LogP contribution is -2.53. The van der Waals surface area contributed by atoms with E-state index in [-0.39, 0.29) is 19.2 Å². The smallest absolute Gasteiger partial charge is 0.317 e. The van der Waals surface area contributed by atoms with E-state index in [4.69, 9.17) is 4.74 Å². The topological polar surface area (TPSA) is 78.9 Å². The van der Waals surface area contributed by atoms with Crippen molar-refractivity contribution in [3.63, 3.8) is 0 Å². The number of urea groups is 1. The molecule has 0 aromatic rings. The number of amides is 2. The van der Waals surface area contributed by atoms with Crippen molar-refractivity contribution in [1.29, 1.82) is 0 Å². The highest BCUT2D eigenvalue weighted by atomic mass is 16.5. The van der Waals surface area contributed by atoms with E-state index in [9.17, 15) is 14.7 Å². The van der Waals surface area contributed by atoms with Crippen LogP contribution in [0.25, 0.3) is 0 Å². The Morgan fingerprint density at radius 3 is 2.67 bits per heavy atom. The second-order valence-corrected chi connectivity index (χ2v) is 5.51. The maximum atomic E-state index is 11.9. The molecule has 0 saturated carbocycles. The first-order chi connectivity index (χ1) is 8.27. The Hall–Kier alpha value is -1.30. The standard InChI is InChI=1S/C12H22N2O4/c1-8(2)5-14(4)11(17)13-9-6-18-7-12(9,3)10(15)16/h8-9H,5-7H2,1-4H3,(H,13,17)(H,15,16). The number of nitrogens with zero attached hydrogens (tertiary/aromatic N) is 1. The summed E-state index contributed by atoms with van der Waals surface area (Å²) in [6.45, 7) is 6.62. The van der Waals surface area contributed by atoms with Crippen molar-refractivity contribution in [2.24, 2.45) is 11.3 Å². The number of carboxylic acids is 1. The fourth-order valence-electron chi connectivity index (χ4n) is 1.97. The van der Waals surface area contributed by atoms with Crippen LogP contribution in [0.1, 0.15) is 20.8 Å². The summed E-state index contributed by atoms with van der Waals surface area (Å²) in [5.74, 6) is -0.580. The maximum Gasteiger partial charge on any atom is 0.317 e. The van der Waals surface area contributed by atoms with Gasteiger partial charge in [0.1, 0.15) is 5.41 Å². The Morgan fingerprint density at radius 2 is 2.17 bits per heavy atom. The minimum absolute atomic E-state index is 0.126. The summed E-state index contributed by atoms with van der Waals surface area (Å²) in [5, 5.41) is 11.9. The van der Waals surface area contributed by atoms with Crippen LogP contribution in [0.2, 0.25) is 0 Å². The van der Waals surface area contributed by atoms with Crippen LogP contribution in [0, 0.1) is 11.3 Å². The molecule has 6 heteroatoms. The summed E-state index contributed by atoms with van der Waals surface area (Å²) in [7, 11) is 1.70. The van der Waals surface area contributed by atoms with Crippen LogP contribution in [-0.4, -0.2) is 54.9 Å². The number of nitrogens with one attached hydrogen (secondary N) is 1. The van der Waals surface area contributed by atoms with Gasteiger partial charge in [-0.1, -0.05) is 13.8 Å². The van der Waals surface area contributed by atoms with E-state index in [0.29, 0.717) is 12.5 Å². The molecule has 2 amide bonds. The molecule has 1 saturated heterocycles. The molecule has 18 heavy (non-hydrogen) atoms. The van der Waals surface area contributed by atoms with Crippen LogP contribution in [0.3, 0.4) is 0 Å². The summed E-state index contributed by atoms with van der Waals surface area (Å²) < 4.78 is 5.18. The van der Waals surface area contributed by atoms with E-state index >= 15 is 0 Å². The molecule has 2 unspecified atom stereocenters. The average Bonchev–Trinajstić information content (AvgIpc) is 2.60. The van der Waals surface area contributed by atoms with Crippen LogP contribution in [0.4, 0.5) is 4.79 Å². The fourth-order valence-corrected chi connectivity index (χ4v) is 1.97. The van der Waals surface area contributed by atoms with Gasteiger partial charge in [-0.15, -0.1) is 0 Å². The Kier molecular flexibility index (Phi) is 4.56. The molecular weight excluding hydrogens is 236 g/mol. The molecule has 0 aromatic heterocycles. The molecule has 6 nitrogen and oxygen atoms in total. The first-order valence-corrected chi connectivity index (χ1v) is 6.10. The lowest BCUT2D eigenvalue weighted by molar-refractivity contribution is -0.148. The van der Waals surface area contributed by atoms with Gasteiger partial charge in [0.05, 0.1) is 19.3 Å². The number of ether oxygens (including phenoxy) is 1. The number of rotatable bonds is 4. The Balaban J connectivity index is 2.61. The van der Waals surface area contributed by atoms with Crippen LogP contribution < -0.4 is 5.32 Å². The molecule has 1 heterocycles. The van der Waals surface area contributed by atoms with E-state index < -0.39 is 17.4 Å². The Bertz CT molecular complexity index is 332. The molecule has 1 fully saturated rings. The quantitative estimate of drug-likeness (QED) is 0.780. The molecule has 0 radical (unpaired) electrons. The molecule has 2 N–H and O–H groups in total. The highest BCUT2D eigenvalue weighted by molar-refractivity contribution is 5.79. The number of hydrogen-bond acceptors (Lipinski definition) is 3. The highest BCUT2D eigenvalue weighted by Gasteiger charge is 2.47. The fraction of sp³-hybridized carbons (Fsp3) is 0.833. The van der Waals surface area contributed by atoms with Crippen molar-refractivity contribution in [2.75, 3.05) is 26.8 Å². The van der Waals surface area contributed by atoms with Crippen molar-refractivity contribution < 1.29 is 19.4 Å². The molecule has 0 aliphatic carbocycles. The number of aliphatic carboxylic acids is 1. The summed E-state index contributed by atoms with van der Waals surface area (Å²) in [5.41, 5.74) is -1.05. The van der Waals surface area contributed by atoms with Gasteiger partial charge in [0.15, 0.2) is 0 Å². The van der Waals surface area contributed by atoms with E-state index in [2.05, 4.69) is 5.32 Å². The number of carbonyl (C=O) groups is 2. The summed E-state index contributed by atoms with van der Waals surface area (Å²) in [4.78, 5) is 24.7. The maximum absolute atomic E-state index is 11.9. The zero-order valence-corrected chi connectivity index (χ0v) is 11.4. The molecule has 1 rings (SSSR count). The number of carboxylic acid groups (broad SMARTS) is 1. The third kappa shape index (κ3) is 3.13. The number of hydrogen-bond donors (Lipinski definition) is 2. The molecule has 0 spiro atoms. The molecule has 0 bridgehead atoms. The Labute approximate surface area is 107 Å². The molecule has 0 aromatic carbocycles. The van der Waals surface area contributed by atoms with Crippen molar-refractivity contribution in [1.82, 2.24) is 10.2 Å². The minimum Gasteiger partial charge on any atom is -0.481 e. The molecule has 2 atom stereocenters. The third-order valence-corrected chi connectivity index (χ3v) is 3.23. The largest absolute Gasteiger partial charge is 0.481 e. The summed E-state index contributed by atoms with van der Waals surface area (Å²) in [6.07, 6.45) is 0.